The Morgan fingerprint density at radius 2 is 1.72 bits per heavy atom. The molecule has 0 spiro atoms. The first kappa shape index (κ1) is 27.0. The first-order valence-corrected chi connectivity index (χ1v) is 13.8. The third kappa shape index (κ3) is 5.59. The van der Waals surface area contributed by atoms with E-state index in [1.807, 2.05) is 43.3 Å². The molecule has 0 aliphatic rings. The van der Waals surface area contributed by atoms with Crippen LogP contribution in [0.4, 0.5) is 18.9 Å². The van der Waals surface area contributed by atoms with Gasteiger partial charge in [-0.2, -0.15) is 13.2 Å². The zero-order chi connectivity index (χ0) is 27.7. The maximum Gasteiger partial charge on any atom is 0.417 e. The van der Waals surface area contributed by atoms with Gasteiger partial charge in [-0.1, -0.05) is 71.9 Å². The van der Waals surface area contributed by atoms with Crippen molar-refractivity contribution in [2.45, 2.75) is 18.3 Å². The average molecular weight is 586 g/mol. The minimum absolute atomic E-state index is 0.0393. The van der Waals surface area contributed by atoms with Crippen LogP contribution in [-0.2, 0) is 11.0 Å². The molecule has 0 bridgehead atoms. The van der Waals surface area contributed by atoms with Crippen molar-refractivity contribution in [1.29, 1.82) is 0 Å². The smallest absolute Gasteiger partial charge is 0.325 e. The number of thiophene rings is 1. The van der Waals surface area contributed by atoms with Gasteiger partial charge < -0.3 is 5.32 Å². The molecule has 0 saturated carbocycles. The van der Waals surface area contributed by atoms with Crippen LogP contribution in [0.2, 0.25) is 5.02 Å². The zero-order valence-electron chi connectivity index (χ0n) is 20.3. The highest BCUT2D eigenvalue weighted by Crippen LogP contribution is 2.38. The van der Waals surface area contributed by atoms with E-state index >= 15 is 0 Å². The number of carbonyl (C=O) groups excluding carboxylic acids is 1. The minimum atomic E-state index is -4.66. The summed E-state index contributed by atoms with van der Waals surface area (Å²) in [5, 5.41) is 2.79. The number of amides is 1. The van der Waals surface area contributed by atoms with E-state index in [1.165, 1.54) is 22.0 Å². The van der Waals surface area contributed by atoms with E-state index in [4.69, 9.17) is 16.6 Å². The zero-order valence-corrected chi connectivity index (χ0v) is 22.6. The molecule has 11 heteroatoms. The molecule has 39 heavy (non-hydrogen) atoms. The quantitative estimate of drug-likeness (QED) is 0.163. The number of aryl methyl sites for hydroxylation is 1. The number of hydrogen-bond acceptors (Lipinski definition) is 5. The second-order valence-corrected chi connectivity index (χ2v) is 11.0. The van der Waals surface area contributed by atoms with Crippen molar-refractivity contribution >= 4 is 56.5 Å². The second-order valence-electron chi connectivity index (χ2n) is 8.48. The van der Waals surface area contributed by atoms with Gasteiger partial charge in [-0.3, -0.25) is 14.2 Å². The van der Waals surface area contributed by atoms with E-state index in [0.717, 1.165) is 39.9 Å². The fourth-order valence-electron chi connectivity index (χ4n) is 4.14. The number of anilines is 1. The number of nitrogens with one attached hydrogen (secondary N) is 1. The van der Waals surface area contributed by atoms with Gasteiger partial charge in [-0.25, -0.2) is 4.98 Å². The van der Waals surface area contributed by atoms with Crippen molar-refractivity contribution in [1.82, 2.24) is 9.55 Å². The van der Waals surface area contributed by atoms with E-state index in [-0.39, 0.29) is 17.0 Å². The van der Waals surface area contributed by atoms with E-state index in [0.29, 0.717) is 21.1 Å². The summed E-state index contributed by atoms with van der Waals surface area (Å²) in [7, 11) is 0. The summed E-state index contributed by atoms with van der Waals surface area (Å²) in [6.45, 7) is 1.93. The van der Waals surface area contributed by atoms with Gasteiger partial charge >= 0.3 is 6.18 Å². The minimum Gasteiger partial charge on any atom is -0.325 e. The van der Waals surface area contributed by atoms with Gasteiger partial charge in [-0.05, 0) is 42.8 Å². The number of thioether (sulfide) groups is 1. The lowest BCUT2D eigenvalue weighted by Crippen LogP contribution is -2.22. The summed E-state index contributed by atoms with van der Waals surface area (Å²) < 4.78 is 41.1. The molecule has 0 unspecified atom stereocenters. The van der Waals surface area contributed by atoms with Crippen molar-refractivity contribution in [2.24, 2.45) is 0 Å². The summed E-state index contributed by atoms with van der Waals surface area (Å²) in [4.78, 5) is 32.9. The van der Waals surface area contributed by atoms with Crippen LogP contribution in [0.5, 0.6) is 0 Å². The normalized spacial score (nSPS) is 11.6. The largest absolute Gasteiger partial charge is 0.417 e. The molecule has 5 aromatic rings. The standard InChI is InChI=1S/C28H19ClF3N3O2S2/c1-16-23(17-8-4-2-5-9-17)24-25(39-16)34-27(35(26(24)37)19-10-6-3-7-11-19)38-15-22(36)33-18-12-13-21(29)20(14-18)28(30,31)32/h2-14H,15H2,1H3,(H,33,36). The molecule has 3 aromatic carbocycles. The van der Waals surface area contributed by atoms with Gasteiger partial charge in [0.2, 0.25) is 5.91 Å². The molecule has 1 amide bonds. The fourth-order valence-corrected chi connectivity index (χ4v) is 6.27. The highest BCUT2D eigenvalue weighted by Gasteiger charge is 2.33. The SMILES string of the molecule is Cc1sc2nc(SCC(=O)Nc3ccc(Cl)c(C(F)(F)F)c3)n(-c3ccccc3)c(=O)c2c1-c1ccccc1. The third-order valence-electron chi connectivity index (χ3n) is 5.84. The first-order chi connectivity index (χ1) is 18.6. The Morgan fingerprint density at radius 1 is 1.05 bits per heavy atom. The first-order valence-electron chi connectivity index (χ1n) is 11.6. The van der Waals surface area contributed by atoms with Gasteiger partial charge in [0, 0.05) is 16.1 Å². The van der Waals surface area contributed by atoms with Crippen LogP contribution in [0.15, 0.2) is 88.8 Å². The highest BCUT2D eigenvalue weighted by atomic mass is 35.5. The number of para-hydroxylation sites is 1. The van der Waals surface area contributed by atoms with Crippen molar-refractivity contribution in [3.8, 4) is 16.8 Å². The van der Waals surface area contributed by atoms with Crippen LogP contribution in [-0.4, -0.2) is 21.2 Å². The van der Waals surface area contributed by atoms with E-state index in [2.05, 4.69) is 5.32 Å². The number of nitrogens with zero attached hydrogens (tertiary/aromatic N) is 2. The molecular formula is C28H19ClF3N3O2S2. The van der Waals surface area contributed by atoms with Gasteiger partial charge in [0.25, 0.3) is 5.56 Å². The molecule has 0 aliphatic heterocycles. The molecule has 1 N–H and O–H groups in total. The van der Waals surface area contributed by atoms with Gasteiger partial charge in [0.1, 0.15) is 4.83 Å². The van der Waals surface area contributed by atoms with Crippen molar-refractivity contribution < 1.29 is 18.0 Å². The molecule has 2 aromatic heterocycles. The predicted molar refractivity (Wildman–Crippen MR) is 151 cm³/mol. The maximum absolute atomic E-state index is 14.0. The van der Waals surface area contributed by atoms with Gasteiger partial charge in [0.15, 0.2) is 5.16 Å². The summed E-state index contributed by atoms with van der Waals surface area (Å²) >= 11 is 8.08. The van der Waals surface area contributed by atoms with E-state index < -0.39 is 22.7 Å². The molecule has 0 radical (unpaired) electrons. The molecule has 0 atom stereocenters. The summed E-state index contributed by atoms with van der Waals surface area (Å²) in [6, 6.07) is 21.7. The molecule has 5 nitrogen and oxygen atoms in total. The number of hydrogen-bond donors (Lipinski definition) is 1. The Hall–Kier alpha value is -3.60. The Balaban J connectivity index is 1.51. The molecular weight excluding hydrogens is 567 g/mol. The van der Waals surface area contributed by atoms with Crippen molar-refractivity contribution in [3.05, 3.63) is 105 Å². The van der Waals surface area contributed by atoms with Gasteiger partial charge in [-0.15, -0.1) is 11.3 Å². The summed E-state index contributed by atoms with van der Waals surface area (Å²) in [5.41, 5.74) is 0.945. The Bertz CT molecular complexity index is 1740. The van der Waals surface area contributed by atoms with Crippen LogP contribution >= 0.6 is 34.7 Å². The Labute approximate surface area is 234 Å². The van der Waals surface area contributed by atoms with Crippen LogP contribution in [0.3, 0.4) is 0 Å². The maximum atomic E-state index is 14.0. The predicted octanol–water partition coefficient (Wildman–Crippen LogP) is 7.83. The molecule has 0 fully saturated rings. The van der Waals surface area contributed by atoms with E-state index in [1.54, 1.807) is 24.3 Å². The number of benzene rings is 3. The molecule has 2 heterocycles. The second kappa shape index (κ2) is 10.9. The number of aromatic nitrogens is 2. The summed E-state index contributed by atoms with van der Waals surface area (Å²) in [5.74, 6) is -0.748. The van der Waals surface area contributed by atoms with Crippen molar-refractivity contribution in [3.63, 3.8) is 0 Å². The molecule has 0 aliphatic carbocycles. The molecule has 198 valence electrons. The number of fused-ring (bicyclic) bond motifs is 1. The lowest BCUT2D eigenvalue weighted by atomic mass is 10.0. The monoisotopic (exact) mass is 585 g/mol. The molecule has 5 rings (SSSR count). The van der Waals surface area contributed by atoms with Crippen molar-refractivity contribution in [2.75, 3.05) is 11.1 Å². The number of alkyl halides is 3. The van der Waals surface area contributed by atoms with Crippen LogP contribution < -0.4 is 10.9 Å². The van der Waals surface area contributed by atoms with E-state index in [9.17, 15) is 22.8 Å². The number of halogens is 4. The average Bonchev–Trinajstić information content (AvgIpc) is 3.25. The number of carbonyl (C=O) groups is 1. The van der Waals surface area contributed by atoms with Crippen LogP contribution in [0.25, 0.3) is 27.0 Å². The lowest BCUT2D eigenvalue weighted by Gasteiger charge is -2.13. The Kier molecular flexibility index (Phi) is 7.53. The van der Waals surface area contributed by atoms with Gasteiger partial charge in [0.05, 0.1) is 27.4 Å². The topological polar surface area (TPSA) is 64.0 Å². The van der Waals surface area contributed by atoms with Crippen LogP contribution in [0.1, 0.15) is 10.4 Å². The summed E-state index contributed by atoms with van der Waals surface area (Å²) in [6.07, 6.45) is -4.66. The van der Waals surface area contributed by atoms with Crippen LogP contribution in [0, 0.1) is 6.92 Å². The number of rotatable bonds is 6. The Morgan fingerprint density at radius 3 is 2.38 bits per heavy atom. The molecule has 0 saturated heterocycles. The lowest BCUT2D eigenvalue weighted by molar-refractivity contribution is -0.137. The highest BCUT2D eigenvalue weighted by molar-refractivity contribution is 7.99. The third-order valence-corrected chi connectivity index (χ3v) is 8.10. The fraction of sp³-hybridized carbons (Fsp3) is 0.107.